The fourth-order valence-corrected chi connectivity index (χ4v) is 2.79. The van der Waals surface area contributed by atoms with Crippen LogP contribution in [0.5, 0.6) is 0 Å². The summed E-state index contributed by atoms with van der Waals surface area (Å²) in [5, 5.41) is 0. The summed E-state index contributed by atoms with van der Waals surface area (Å²) >= 11 is 0. The Morgan fingerprint density at radius 3 is 2.13 bits per heavy atom. The SMILES string of the molecule is CCCCC(=O)N1CCN(C(=O)CCc2ccccc2F)CC1. The minimum absolute atomic E-state index is 0.0360. The maximum Gasteiger partial charge on any atom is 0.223 e. The Morgan fingerprint density at radius 1 is 1.00 bits per heavy atom. The molecule has 0 aliphatic carbocycles. The maximum absolute atomic E-state index is 13.6. The van der Waals surface area contributed by atoms with E-state index in [1.165, 1.54) is 6.07 Å². The third-order valence-corrected chi connectivity index (χ3v) is 4.30. The highest BCUT2D eigenvalue weighted by Gasteiger charge is 2.23. The summed E-state index contributed by atoms with van der Waals surface area (Å²) in [6, 6.07) is 6.56. The standard InChI is InChI=1S/C18H25FN2O2/c1-2-3-8-17(22)20-11-13-21(14-12-20)18(23)10-9-15-6-4-5-7-16(15)19/h4-7H,2-3,8-14H2,1H3. The second-order valence-electron chi connectivity index (χ2n) is 5.96. The van der Waals surface area contributed by atoms with Crippen LogP contribution in [-0.4, -0.2) is 47.8 Å². The van der Waals surface area contributed by atoms with Crippen LogP contribution in [0.1, 0.15) is 38.2 Å². The first kappa shape index (κ1) is 17.4. The number of aryl methyl sites for hydroxylation is 1. The Labute approximate surface area is 137 Å². The topological polar surface area (TPSA) is 40.6 Å². The molecule has 1 aliphatic rings. The Bertz CT molecular complexity index is 540. The van der Waals surface area contributed by atoms with Gasteiger partial charge < -0.3 is 9.80 Å². The molecule has 1 saturated heterocycles. The number of rotatable bonds is 6. The highest BCUT2D eigenvalue weighted by Crippen LogP contribution is 2.12. The van der Waals surface area contributed by atoms with Crippen LogP contribution in [0.4, 0.5) is 4.39 Å². The van der Waals surface area contributed by atoms with Crippen LogP contribution in [0.15, 0.2) is 24.3 Å². The molecule has 0 N–H and O–H groups in total. The number of benzene rings is 1. The molecule has 0 radical (unpaired) electrons. The van der Waals surface area contributed by atoms with Gasteiger partial charge in [0, 0.05) is 39.0 Å². The van der Waals surface area contributed by atoms with E-state index < -0.39 is 0 Å². The smallest absolute Gasteiger partial charge is 0.223 e. The summed E-state index contributed by atoms with van der Waals surface area (Å²) in [7, 11) is 0. The van der Waals surface area contributed by atoms with Crippen LogP contribution >= 0.6 is 0 Å². The second kappa shape index (κ2) is 8.65. The van der Waals surface area contributed by atoms with Gasteiger partial charge in [-0.1, -0.05) is 31.5 Å². The van der Waals surface area contributed by atoms with E-state index in [4.69, 9.17) is 0 Å². The number of hydrogen-bond acceptors (Lipinski definition) is 2. The fraction of sp³-hybridized carbons (Fsp3) is 0.556. The van der Waals surface area contributed by atoms with Crippen molar-refractivity contribution in [3.8, 4) is 0 Å². The molecule has 5 heteroatoms. The van der Waals surface area contributed by atoms with E-state index in [0.29, 0.717) is 51.0 Å². The van der Waals surface area contributed by atoms with Crippen molar-refractivity contribution in [2.45, 2.75) is 39.0 Å². The van der Waals surface area contributed by atoms with Gasteiger partial charge in [0.2, 0.25) is 11.8 Å². The number of nitrogens with zero attached hydrogens (tertiary/aromatic N) is 2. The van der Waals surface area contributed by atoms with Gasteiger partial charge in [-0.25, -0.2) is 4.39 Å². The van der Waals surface area contributed by atoms with Gasteiger partial charge in [-0.2, -0.15) is 0 Å². The van der Waals surface area contributed by atoms with Crippen molar-refractivity contribution in [3.63, 3.8) is 0 Å². The Hall–Kier alpha value is -1.91. The minimum Gasteiger partial charge on any atom is -0.339 e. The lowest BCUT2D eigenvalue weighted by molar-refractivity contribution is -0.139. The van der Waals surface area contributed by atoms with Crippen molar-refractivity contribution in [1.82, 2.24) is 9.80 Å². The molecule has 0 atom stereocenters. The van der Waals surface area contributed by atoms with Crippen LogP contribution in [0.2, 0.25) is 0 Å². The van der Waals surface area contributed by atoms with Gasteiger partial charge in [-0.3, -0.25) is 9.59 Å². The number of carbonyl (C=O) groups excluding carboxylic acids is 2. The summed E-state index contributed by atoms with van der Waals surface area (Å²) in [4.78, 5) is 27.8. The lowest BCUT2D eigenvalue weighted by Crippen LogP contribution is -2.50. The van der Waals surface area contributed by atoms with Crippen molar-refractivity contribution in [1.29, 1.82) is 0 Å². The highest BCUT2D eigenvalue weighted by atomic mass is 19.1. The number of carbonyl (C=O) groups is 2. The van der Waals surface area contributed by atoms with E-state index in [0.717, 1.165) is 12.8 Å². The van der Waals surface area contributed by atoms with Gasteiger partial charge in [-0.05, 0) is 24.5 Å². The van der Waals surface area contributed by atoms with Crippen molar-refractivity contribution in [2.24, 2.45) is 0 Å². The molecule has 0 bridgehead atoms. The predicted octanol–water partition coefficient (Wildman–Crippen LogP) is 2.62. The quantitative estimate of drug-likeness (QED) is 0.808. The van der Waals surface area contributed by atoms with Crippen LogP contribution in [0.25, 0.3) is 0 Å². The first-order chi connectivity index (χ1) is 11.1. The molecule has 126 valence electrons. The third kappa shape index (κ3) is 5.05. The minimum atomic E-state index is -0.258. The van der Waals surface area contributed by atoms with Gasteiger partial charge in [0.1, 0.15) is 5.82 Å². The van der Waals surface area contributed by atoms with E-state index in [2.05, 4.69) is 6.92 Å². The van der Waals surface area contributed by atoms with Gasteiger partial charge in [-0.15, -0.1) is 0 Å². The summed E-state index contributed by atoms with van der Waals surface area (Å²) in [5.74, 6) is -0.0362. The maximum atomic E-state index is 13.6. The number of hydrogen-bond donors (Lipinski definition) is 0. The zero-order chi connectivity index (χ0) is 16.7. The second-order valence-corrected chi connectivity index (χ2v) is 5.96. The van der Waals surface area contributed by atoms with Crippen LogP contribution in [0.3, 0.4) is 0 Å². The molecule has 0 saturated carbocycles. The molecule has 4 nitrogen and oxygen atoms in total. The average molecular weight is 320 g/mol. The normalized spacial score (nSPS) is 14.9. The first-order valence-electron chi connectivity index (χ1n) is 8.40. The molecule has 2 amide bonds. The van der Waals surface area contributed by atoms with Gasteiger partial charge >= 0.3 is 0 Å². The third-order valence-electron chi connectivity index (χ3n) is 4.30. The molecule has 0 spiro atoms. The molecule has 1 fully saturated rings. The van der Waals surface area contributed by atoms with E-state index >= 15 is 0 Å². The van der Waals surface area contributed by atoms with E-state index in [1.54, 1.807) is 23.1 Å². The predicted molar refractivity (Wildman–Crippen MR) is 87.4 cm³/mol. The molecule has 1 aliphatic heterocycles. The van der Waals surface area contributed by atoms with Crippen molar-refractivity contribution < 1.29 is 14.0 Å². The monoisotopic (exact) mass is 320 g/mol. The van der Waals surface area contributed by atoms with E-state index in [-0.39, 0.29) is 17.6 Å². The molecule has 0 aromatic heterocycles. The van der Waals surface area contributed by atoms with Crippen molar-refractivity contribution in [3.05, 3.63) is 35.6 Å². The Balaban J connectivity index is 1.75. The molecule has 1 aromatic rings. The molecule has 2 rings (SSSR count). The molecular formula is C18H25FN2O2. The number of unbranched alkanes of at least 4 members (excludes halogenated alkanes) is 1. The average Bonchev–Trinajstić information content (AvgIpc) is 2.59. The number of halogens is 1. The van der Waals surface area contributed by atoms with E-state index in [9.17, 15) is 14.0 Å². The first-order valence-corrected chi connectivity index (χ1v) is 8.40. The van der Waals surface area contributed by atoms with Gasteiger partial charge in [0.25, 0.3) is 0 Å². The van der Waals surface area contributed by atoms with Gasteiger partial charge in [0.15, 0.2) is 0 Å². The lowest BCUT2D eigenvalue weighted by atomic mass is 10.1. The van der Waals surface area contributed by atoms with Crippen LogP contribution < -0.4 is 0 Å². The summed E-state index contributed by atoms with van der Waals surface area (Å²) in [6.45, 7) is 4.43. The lowest BCUT2D eigenvalue weighted by Gasteiger charge is -2.35. The zero-order valence-corrected chi connectivity index (χ0v) is 13.8. The summed E-state index contributed by atoms with van der Waals surface area (Å²) < 4.78 is 13.6. The van der Waals surface area contributed by atoms with Crippen LogP contribution in [-0.2, 0) is 16.0 Å². The fourth-order valence-electron chi connectivity index (χ4n) is 2.79. The molecule has 0 unspecified atom stereocenters. The largest absolute Gasteiger partial charge is 0.339 e. The molecule has 1 aromatic carbocycles. The van der Waals surface area contributed by atoms with Crippen molar-refractivity contribution in [2.75, 3.05) is 26.2 Å². The Morgan fingerprint density at radius 2 is 1.57 bits per heavy atom. The van der Waals surface area contributed by atoms with Crippen molar-refractivity contribution >= 4 is 11.8 Å². The number of piperazine rings is 1. The summed E-state index contributed by atoms with van der Waals surface area (Å²) in [6.07, 6.45) is 3.25. The molecule has 23 heavy (non-hydrogen) atoms. The highest BCUT2D eigenvalue weighted by molar-refractivity contribution is 5.78. The number of amides is 2. The van der Waals surface area contributed by atoms with E-state index in [1.807, 2.05) is 4.90 Å². The van der Waals surface area contributed by atoms with Gasteiger partial charge in [0.05, 0.1) is 0 Å². The molecular weight excluding hydrogens is 295 g/mol. The summed E-state index contributed by atoms with van der Waals surface area (Å²) in [5.41, 5.74) is 0.578. The Kier molecular flexibility index (Phi) is 6.56. The zero-order valence-electron chi connectivity index (χ0n) is 13.8. The molecule has 1 heterocycles. The van der Waals surface area contributed by atoms with Crippen LogP contribution in [0, 0.1) is 5.82 Å².